The zero-order valence-corrected chi connectivity index (χ0v) is 9.92. The van der Waals surface area contributed by atoms with Gasteiger partial charge in [0.05, 0.1) is 11.9 Å². The van der Waals surface area contributed by atoms with Gasteiger partial charge in [-0.3, -0.25) is 4.98 Å². The van der Waals surface area contributed by atoms with Crippen molar-refractivity contribution in [1.29, 1.82) is 0 Å². The van der Waals surface area contributed by atoms with Crippen LogP contribution in [0.15, 0.2) is 6.20 Å². The molecule has 16 heavy (non-hydrogen) atoms. The van der Waals surface area contributed by atoms with E-state index in [0.29, 0.717) is 0 Å². The first kappa shape index (κ1) is 10.1. The minimum Gasteiger partial charge on any atom is -0.368 e. The van der Waals surface area contributed by atoms with Gasteiger partial charge in [0.15, 0.2) is 0 Å². The van der Waals surface area contributed by atoms with Gasteiger partial charge in [-0.25, -0.2) is 0 Å². The Morgan fingerprint density at radius 3 is 2.75 bits per heavy atom. The molecule has 86 valence electrons. The zero-order valence-electron chi connectivity index (χ0n) is 9.92. The number of hydrogen-bond acceptors (Lipinski definition) is 3. The Labute approximate surface area is 96.9 Å². The number of fused-ring (bicyclic) bond motifs is 1. The molecule has 2 heterocycles. The summed E-state index contributed by atoms with van der Waals surface area (Å²) in [6.45, 7) is 6.59. The second kappa shape index (κ2) is 4.06. The van der Waals surface area contributed by atoms with Crippen LogP contribution in [-0.4, -0.2) is 31.2 Å². The lowest BCUT2D eigenvalue weighted by Gasteiger charge is -2.31. The maximum Gasteiger partial charge on any atom is 0.0589 e. The van der Waals surface area contributed by atoms with E-state index in [-0.39, 0.29) is 0 Å². The summed E-state index contributed by atoms with van der Waals surface area (Å²) in [6.07, 6.45) is 5.87. The lowest BCUT2D eigenvalue weighted by Crippen LogP contribution is -2.44. The van der Waals surface area contributed by atoms with Crippen LogP contribution < -0.4 is 10.2 Å². The molecule has 0 aromatic carbocycles. The highest BCUT2D eigenvalue weighted by molar-refractivity contribution is 5.58. The van der Waals surface area contributed by atoms with Gasteiger partial charge in [0, 0.05) is 31.9 Å². The maximum atomic E-state index is 4.56. The van der Waals surface area contributed by atoms with Crippen LogP contribution in [0, 0.1) is 6.92 Å². The molecule has 1 aliphatic heterocycles. The van der Waals surface area contributed by atoms with Crippen LogP contribution in [0.1, 0.15) is 23.2 Å². The topological polar surface area (TPSA) is 28.2 Å². The number of hydrogen-bond donors (Lipinski definition) is 1. The molecule has 1 saturated heterocycles. The zero-order chi connectivity index (χ0) is 11.0. The quantitative estimate of drug-likeness (QED) is 0.768. The van der Waals surface area contributed by atoms with Gasteiger partial charge in [0.25, 0.3) is 0 Å². The van der Waals surface area contributed by atoms with Crippen molar-refractivity contribution in [3.05, 3.63) is 23.0 Å². The Kier molecular flexibility index (Phi) is 2.56. The summed E-state index contributed by atoms with van der Waals surface area (Å²) < 4.78 is 0. The third kappa shape index (κ3) is 1.59. The van der Waals surface area contributed by atoms with E-state index >= 15 is 0 Å². The summed E-state index contributed by atoms with van der Waals surface area (Å²) in [5.41, 5.74) is 5.75. The average Bonchev–Trinajstić information content (AvgIpc) is 2.81. The molecule has 1 fully saturated rings. The number of rotatable bonds is 1. The van der Waals surface area contributed by atoms with Crippen molar-refractivity contribution in [2.24, 2.45) is 0 Å². The van der Waals surface area contributed by atoms with Crippen molar-refractivity contribution in [3.63, 3.8) is 0 Å². The number of pyridine rings is 1. The van der Waals surface area contributed by atoms with Crippen LogP contribution in [-0.2, 0) is 12.8 Å². The number of nitrogens with one attached hydrogen (secondary N) is 1. The third-order valence-electron chi connectivity index (χ3n) is 3.80. The van der Waals surface area contributed by atoms with Crippen LogP contribution in [0.25, 0.3) is 0 Å². The van der Waals surface area contributed by atoms with Crippen LogP contribution in [0.3, 0.4) is 0 Å². The van der Waals surface area contributed by atoms with Gasteiger partial charge >= 0.3 is 0 Å². The van der Waals surface area contributed by atoms with Gasteiger partial charge in [-0.15, -0.1) is 0 Å². The summed E-state index contributed by atoms with van der Waals surface area (Å²) in [5.74, 6) is 0. The second-order valence-electron chi connectivity index (χ2n) is 4.78. The Morgan fingerprint density at radius 2 is 1.94 bits per heavy atom. The molecule has 0 amide bonds. The van der Waals surface area contributed by atoms with Crippen molar-refractivity contribution in [2.75, 3.05) is 31.1 Å². The predicted octanol–water partition coefficient (Wildman–Crippen LogP) is 1.29. The molecular weight excluding hydrogens is 198 g/mol. The number of anilines is 1. The minimum atomic E-state index is 1.10. The Balaban J connectivity index is 1.98. The number of nitrogens with zero attached hydrogens (tertiary/aromatic N) is 2. The molecule has 0 unspecified atom stereocenters. The molecule has 0 atom stereocenters. The maximum absolute atomic E-state index is 4.56. The Hall–Kier alpha value is -1.09. The van der Waals surface area contributed by atoms with E-state index in [0.717, 1.165) is 26.2 Å². The highest BCUT2D eigenvalue weighted by Gasteiger charge is 2.21. The first-order valence-corrected chi connectivity index (χ1v) is 6.29. The Morgan fingerprint density at radius 1 is 1.19 bits per heavy atom. The van der Waals surface area contributed by atoms with Crippen molar-refractivity contribution in [2.45, 2.75) is 26.2 Å². The smallest absolute Gasteiger partial charge is 0.0589 e. The number of piperazine rings is 1. The summed E-state index contributed by atoms with van der Waals surface area (Å²) in [7, 11) is 0. The summed E-state index contributed by atoms with van der Waals surface area (Å²) in [6, 6.07) is 0. The molecular formula is C13H19N3. The summed E-state index contributed by atoms with van der Waals surface area (Å²) >= 11 is 0. The fourth-order valence-electron chi connectivity index (χ4n) is 2.92. The fraction of sp³-hybridized carbons (Fsp3) is 0.615. The normalized spacial score (nSPS) is 19.9. The lowest BCUT2D eigenvalue weighted by molar-refractivity contribution is 0.587. The van der Waals surface area contributed by atoms with Crippen molar-refractivity contribution >= 4 is 5.69 Å². The summed E-state index contributed by atoms with van der Waals surface area (Å²) in [4.78, 5) is 7.06. The van der Waals surface area contributed by atoms with Gasteiger partial charge in [-0.1, -0.05) is 0 Å². The summed E-state index contributed by atoms with van der Waals surface area (Å²) in [5, 5.41) is 3.40. The molecule has 3 nitrogen and oxygen atoms in total. The van der Waals surface area contributed by atoms with Crippen molar-refractivity contribution in [3.8, 4) is 0 Å². The van der Waals surface area contributed by atoms with Crippen LogP contribution in [0.5, 0.6) is 0 Å². The van der Waals surface area contributed by atoms with Crippen molar-refractivity contribution < 1.29 is 0 Å². The SMILES string of the molecule is Cc1ncc(N2CCNCC2)c2c1CCC2. The van der Waals surface area contributed by atoms with Crippen molar-refractivity contribution in [1.82, 2.24) is 10.3 Å². The molecule has 3 rings (SSSR count). The lowest BCUT2D eigenvalue weighted by atomic mass is 10.1. The number of aryl methyl sites for hydroxylation is 1. The standard InChI is InChI=1S/C13H19N3/c1-10-11-3-2-4-12(11)13(9-15-10)16-7-5-14-6-8-16/h9,14H,2-8H2,1H3. The van der Waals surface area contributed by atoms with Gasteiger partial charge in [-0.2, -0.15) is 0 Å². The van der Waals surface area contributed by atoms with E-state index < -0.39 is 0 Å². The van der Waals surface area contributed by atoms with E-state index in [4.69, 9.17) is 0 Å². The molecule has 1 aromatic heterocycles. The highest BCUT2D eigenvalue weighted by Crippen LogP contribution is 2.32. The fourth-order valence-corrected chi connectivity index (χ4v) is 2.92. The van der Waals surface area contributed by atoms with Gasteiger partial charge < -0.3 is 10.2 Å². The molecule has 1 aliphatic carbocycles. The van der Waals surface area contributed by atoms with E-state index in [1.54, 1.807) is 5.56 Å². The average molecular weight is 217 g/mol. The second-order valence-corrected chi connectivity index (χ2v) is 4.78. The molecule has 1 N–H and O–H groups in total. The monoisotopic (exact) mass is 217 g/mol. The van der Waals surface area contributed by atoms with Crippen LogP contribution in [0.4, 0.5) is 5.69 Å². The molecule has 0 radical (unpaired) electrons. The molecule has 0 saturated carbocycles. The van der Waals surface area contributed by atoms with E-state index in [9.17, 15) is 0 Å². The molecule has 0 bridgehead atoms. The first-order chi connectivity index (χ1) is 7.86. The highest BCUT2D eigenvalue weighted by atomic mass is 15.2. The molecule has 0 spiro atoms. The molecule has 1 aromatic rings. The molecule has 3 heteroatoms. The first-order valence-electron chi connectivity index (χ1n) is 6.29. The van der Waals surface area contributed by atoms with E-state index in [1.807, 2.05) is 0 Å². The van der Waals surface area contributed by atoms with Crippen LogP contribution >= 0.6 is 0 Å². The minimum absolute atomic E-state index is 1.10. The molecule has 2 aliphatic rings. The van der Waals surface area contributed by atoms with Gasteiger partial charge in [0.2, 0.25) is 0 Å². The van der Waals surface area contributed by atoms with E-state index in [2.05, 4.69) is 28.3 Å². The Bertz CT molecular complexity index is 394. The van der Waals surface area contributed by atoms with Gasteiger partial charge in [0.1, 0.15) is 0 Å². The van der Waals surface area contributed by atoms with Crippen LogP contribution in [0.2, 0.25) is 0 Å². The largest absolute Gasteiger partial charge is 0.368 e. The third-order valence-corrected chi connectivity index (χ3v) is 3.80. The predicted molar refractivity (Wildman–Crippen MR) is 66.1 cm³/mol. The number of aromatic nitrogens is 1. The van der Waals surface area contributed by atoms with Gasteiger partial charge in [-0.05, 0) is 37.3 Å². The van der Waals surface area contributed by atoms with E-state index in [1.165, 1.54) is 36.2 Å².